The van der Waals surface area contributed by atoms with Gasteiger partial charge in [-0.15, -0.1) is 0 Å². The number of ether oxygens (including phenoxy) is 2. The fraction of sp³-hybridized carbons (Fsp3) is 0.316. The first-order valence-electron chi connectivity index (χ1n) is 8.15. The number of para-hydroxylation sites is 2. The number of hydrogen-bond acceptors (Lipinski definition) is 4. The smallest absolute Gasteiger partial charge is 0.322 e. The van der Waals surface area contributed by atoms with Gasteiger partial charge in [0.2, 0.25) is 0 Å². The number of rotatable bonds is 4. The van der Waals surface area contributed by atoms with Gasteiger partial charge in [0.15, 0.2) is 11.5 Å². The van der Waals surface area contributed by atoms with E-state index in [2.05, 4.69) is 5.32 Å². The first-order chi connectivity index (χ1) is 12.2. The molecule has 6 heteroatoms. The van der Waals surface area contributed by atoms with Crippen molar-refractivity contribution in [2.24, 2.45) is 5.92 Å². The minimum Gasteiger partial charge on any atom is -0.493 e. The Labute approximate surface area is 147 Å². The largest absolute Gasteiger partial charge is 0.493 e. The highest BCUT2D eigenvalue weighted by molar-refractivity contribution is 5.89. The van der Waals surface area contributed by atoms with Crippen molar-refractivity contribution >= 4 is 11.7 Å². The highest BCUT2D eigenvalue weighted by Crippen LogP contribution is 2.43. The van der Waals surface area contributed by atoms with E-state index in [1.165, 1.54) is 0 Å². The fourth-order valence-corrected chi connectivity index (χ4v) is 3.15. The standard InChI is InChI=1S/C19H22N2O4/c1-21(19(23)20-14-7-4-3-5-8-14)17-13(11-22)12-25-18-15(17)9-6-10-16(18)24-2/h3-10,13,17,22H,11-12H2,1-2H3,(H,20,23)/t13-,17+/m0/s1. The number of urea groups is 1. The highest BCUT2D eigenvalue weighted by atomic mass is 16.5. The van der Waals surface area contributed by atoms with Crippen molar-refractivity contribution in [3.05, 3.63) is 54.1 Å². The minimum absolute atomic E-state index is 0.0791. The lowest BCUT2D eigenvalue weighted by Crippen LogP contribution is -2.43. The molecule has 0 bridgehead atoms. The molecule has 1 aliphatic rings. The lowest BCUT2D eigenvalue weighted by molar-refractivity contribution is 0.0719. The molecule has 0 radical (unpaired) electrons. The maximum atomic E-state index is 12.7. The van der Waals surface area contributed by atoms with E-state index in [0.717, 1.165) is 11.3 Å². The summed E-state index contributed by atoms with van der Waals surface area (Å²) in [5.41, 5.74) is 1.55. The van der Waals surface area contributed by atoms with Crippen LogP contribution in [0.15, 0.2) is 48.5 Å². The van der Waals surface area contributed by atoms with Crippen LogP contribution in [-0.4, -0.2) is 43.4 Å². The van der Waals surface area contributed by atoms with E-state index in [1.54, 1.807) is 19.1 Å². The first kappa shape index (κ1) is 17.1. The zero-order valence-electron chi connectivity index (χ0n) is 14.3. The van der Waals surface area contributed by atoms with Gasteiger partial charge in [-0.3, -0.25) is 0 Å². The summed E-state index contributed by atoms with van der Waals surface area (Å²) in [6, 6.07) is 14.3. The molecule has 1 aliphatic heterocycles. The molecule has 2 amide bonds. The van der Waals surface area contributed by atoms with E-state index in [0.29, 0.717) is 18.1 Å². The number of carbonyl (C=O) groups excluding carboxylic acids is 1. The van der Waals surface area contributed by atoms with Gasteiger partial charge in [-0.05, 0) is 18.2 Å². The molecule has 2 atom stereocenters. The summed E-state index contributed by atoms with van der Waals surface area (Å²) < 4.78 is 11.1. The number of aliphatic hydroxyl groups is 1. The summed E-state index contributed by atoms with van der Waals surface area (Å²) >= 11 is 0. The summed E-state index contributed by atoms with van der Waals surface area (Å²) in [4.78, 5) is 14.3. The number of carbonyl (C=O) groups is 1. The number of nitrogens with zero attached hydrogens (tertiary/aromatic N) is 1. The number of aliphatic hydroxyl groups excluding tert-OH is 1. The van der Waals surface area contributed by atoms with Crippen molar-refractivity contribution in [3.63, 3.8) is 0 Å². The SMILES string of the molecule is COc1cccc2c1OC[C@H](CO)[C@H]2N(C)C(=O)Nc1ccccc1. The van der Waals surface area contributed by atoms with Crippen molar-refractivity contribution < 1.29 is 19.4 Å². The van der Waals surface area contributed by atoms with Crippen molar-refractivity contribution in [2.45, 2.75) is 6.04 Å². The third-order valence-corrected chi connectivity index (χ3v) is 4.43. The van der Waals surface area contributed by atoms with Gasteiger partial charge in [0.1, 0.15) is 0 Å². The Morgan fingerprint density at radius 2 is 2.04 bits per heavy atom. The van der Waals surface area contributed by atoms with E-state index < -0.39 is 0 Å². The second-order valence-corrected chi connectivity index (χ2v) is 5.98. The Morgan fingerprint density at radius 1 is 1.28 bits per heavy atom. The zero-order chi connectivity index (χ0) is 17.8. The van der Waals surface area contributed by atoms with Crippen LogP contribution in [-0.2, 0) is 0 Å². The van der Waals surface area contributed by atoms with Crippen LogP contribution in [0.2, 0.25) is 0 Å². The van der Waals surface area contributed by atoms with Crippen LogP contribution in [0.1, 0.15) is 11.6 Å². The number of hydrogen-bond donors (Lipinski definition) is 2. The quantitative estimate of drug-likeness (QED) is 0.896. The maximum Gasteiger partial charge on any atom is 0.322 e. The minimum atomic E-state index is -0.312. The molecular formula is C19H22N2O4. The van der Waals surface area contributed by atoms with E-state index >= 15 is 0 Å². The van der Waals surface area contributed by atoms with Crippen LogP contribution in [0.5, 0.6) is 11.5 Å². The second kappa shape index (κ2) is 7.44. The molecule has 0 spiro atoms. The molecule has 1 heterocycles. The molecule has 0 aromatic heterocycles. The molecule has 0 unspecified atom stereocenters. The molecule has 0 saturated heterocycles. The molecule has 2 aromatic rings. The van der Waals surface area contributed by atoms with Gasteiger partial charge in [0, 0.05) is 24.2 Å². The lowest BCUT2D eigenvalue weighted by Gasteiger charge is -2.38. The van der Waals surface area contributed by atoms with Crippen LogP contribution in [0, 0.1) is 5.92 Å². The van der Waals surface area contributed by atoms with Gasteiger partial charge < -0.3 is 24.8 Å². The molecule has 2 N–H and O–H groups in total. The summed E-state index contributed by atoms with van der Waals surface area (Å²) in [5.74, 6) is 1.03. The van der Waals surface area contributed by atoms with Crippen LogP contribution >= 0.6 is 0 Å². The Morgan fingerprint density at radius 3 is 2.72 bits per heavy atom. The van der Waals surface area contributed by atoms with Crippen LogP contribution < -0.4 is 14.8 Å². The average Bonchev–Trinajstić information content (AvgIpc) is 2.66. The monoisotopic (exact) mass is 342 g/mol. The number of amides is 2. The Hall–Kier alpha value is -2.73. The third-order valence-electron chi connectivity index (χ3n) is 4.43. The molecule has 2 aromatic carbocycles. The molecule has 0 fully saturated rings. The Kier molecular flexibility index (Phi) is 5.09. The molecule has 3 rings (SSSR count). The van der Waals surface area contributed by atoms with Gasteiger partial charge in [-0.25, -0.2) is 4.79 Å². The Bertz CT molecular complexity index is 735. The number of anilines is 1. The number of methoxy groups -OCH3 is 1. The van der Waals surface area contributed by atoms with E-state index in [1.807, 2.05) is 48.5 Å². The predicted molar refractivity (Wildman–Crippen MR) is 95.0 cm³/mol. The van der Waals surface area contributed by atoms with Gasteiger partial charge in [0.25, 0.3) is 0 Å². The normalized spacial score (nSPS) is 18.7. The van der Waals surface area contributed by atoms with Crippen molar-refractivity contribution in [1.82, 2.24) is 4.90 Å². The number of benzene rings is 2. The topological polar surface area (TPSA) is 71.0 Å². The van der Waals surface area contributed by atoms with Gasteiger partial charge in [0.05, 0.1) is 26.4 Å². The van der Waals surface area contributed by atoms with Gasteiger partial charge >= 0.3 is 6.03 Å². The summed E-state index contributed by atoms with van der Waals surface area (Å²) in [6.45, 7) is 0.238. The van der Waals surface area contributed by atoms with Crippen LogP contribution in [0.25, 0.3) is 0 Å². The maximum absolute atomic E-state index is 12.7. The summed E-state index contributed by atoms with van der Waals surface area (Å²) in [7, 11) is 3.30. The highest BCUT2D eigenvalue weighted by Gasteiger charge is 2.37. The summed E-state index contributed by atoms with van der Waals surface area (Å²) in [5, 5.41) is 12.6. The molecular weight excluding hydrogens is 320 g/mol. The van der Waals surface area contributed by atoms with Gasteiger partial charge in [-0.1, -0.05) is 30.3 Å². The van der Waals surface area contributed by atoms with Crippen molar-refractivity contribution in [3.8, 4) is 11.5 Å². The van der Waals surface area contributed by atoms with E-state index in [-0.39, 0.29) is 24.6 Å². The zero-order valence-corrected chi connectivity index (χ0v) is 14.3. The van der Waals surface area contributed by atoms with E-state index in [4.69, 9.17) is 9.47 Å². The molecule has 0 saturated carbocycles. The molecule has 0 aliphatic carbocycles. The molecule has 25 heavy (non-hydrogen) atoms. The Balaban J connectivity index is 1.89. The predicted octanol–water partition coefficient (Wildman–Crippen LogP) is 2.90. The average molecular weight is 342 g/mol. The lowest BCUT2D eigenvalue weighted by atomic mass is 9.90. The van der Waals surface area contributed by atoms with Gasteiger partial charge in [-0.2, -0.15) is 0 Å². The second-order valence-electron chi connectivity index (χ2n) is 5.98. The van der Waals surface area contributed by atoms with E-state index in [9.17, 15) is 9.90 Å². The number of nitrogens with one attached hydrogen (secondary N) is 1. The first-order valence-corrected chi connectivity index (χ1v) is 8.15. The molecule has 132 valence electrons. The number of fused-ring (bicyclic) bond motifs is 1. The van der Waals surface area contributed by atoms with Crippen LogP contribution in [0.3, 0.4) is 0 Å². The van der Waals surface area contributed by atoms with Crippen molar-refractivity contribution in [1.29, 1.82) is 0 Å². The third kappa shape index (κ3) is 3.39. The van der Waals surface area contributed by atoms with Crippen molar-refractivity contribution in [2.75, 3.05) is 32.7 Å². The molecule has 6 nitrogen and oxygen atoms in total. The van der Waals surface area contributed by atoms with Crippen LogP contribution in [0.4, 0.5) is 10.5 Å². The fourth-order valence-electron chi connectivity index (χ4n) is 3.15. The summed E-state index contributed by atoms with van der Waals surface area (Å²) in [6.07, 6.45) is 0.